The lowest BCUT2D eigenvalue weighted by Gasteiger charge is -2.15. The van der Waals surface area contributed by atoms with Crippen molar-refractivity contribution in [2.75, 3.05) is 14.2 Å². The fraction of sp³-hybridized carbons (Fsp3) is 0.455. The molecule has 84 valence electrons. The Morgan fingerprint density at radius 2 is 1.47 bits per heavy atom. The zero-order valence-electron chi connectivity index (χ0n) is 9.10. The average molecular weight is 212 g/mol. The van der Waals surface area contributed by atoms with Gasteiger partial charge in [0.25, 0.3) is 0 Å². The van der Waals surface area contributed by atoms with Crippen molar-refractivity contribution in [3.8, 4) is 11.5 Å². The third-order valence-electron chi connectivity index (χ3n) is 2.17. The molecule has 15 heavy (non-hydrogen) atoms. The second-order valence-electron chi connectivity index (χ2n) is 3.33. The van der Waals surface area contributed by atoms with E-state index in [-0.39, 0.29) is 0 Å². The van der Waals surface area contributed by atoms with Crippen molar-refractivity contribution in [3.05, 3.63) is 23.8 Å². The fourth-order valence-electron chi connectivity index (χ4n) is 1.28. The Hall–Kier alpha value is -1.26. The van der Waals surface area contributed by atoms with Crippen LogP contribution in [-0.4, -0.2) is 30.5 Å². The predicted octanol–water partition coefficient (Wildman–Crippen LogP) is 1.12. The summed E-state index contributed by atoms with van der Waals surface area (Å²) in [7, 11) is 3.07. The number of aliphatic hydroxyl groups excluding tert-OH is 2. The number of rotatable bonds is 4. The summed E-state index contributed by atoms with van der Waals surface area (Å²) in [6.45, 7) is 1.52. The first-order chi connectivity index (χ1) is 7.08. The molecular weight excluding hydrogens is 196 g/mol. The molecule has 1 aromatic carbocycles. The zero-order valence-corrected chi connectivity index (χ0v) is 9.10. The molecule has 2 atom stereocenters. The van der Waals surface area contributed by atoms with E-state index in [1.165, 1.54) is 21.1 Å². The molecule has 0 aliphatic carbocycles. The van der Waals surface area contributed by atoms with Gasteiger partial charge in [-0.05, 0) is 24.6 Å². The molecule has 1 aromatic rings. The van der Waals surface area contributed by atoms with Gasteiger partial charge in [-0.25, -0.2) is 0 Å². The van der Waals surface area contributed by atoms with Crippen molar-refractivity contribution in [1.82, 2.24) is 0 Å². The van der Waals surface area contributed by atoms with Crippen molar-refractivity contribution < 1.29 is 19.7 Å². The van der Waals surface area contributed by atoms with Gasteiger partial charge in [0.2, 0.25) is 0 Å². The van der Waals surface area contributed by atoms with Crippen LogP contribution in [0.25, 0.3) is 0 Å². The van der Waals surface area contributed by atoms with Gasteiger partial charge in [-0.15, -0.1) is 0 Å². The van der Waals surface area contributed by atoms with E-state index in [1.54, 1.807) is 18.2 Å². The predicted molar refractivity (Wildman–Crippen MR) is 56.2 cm³/mol. The van der Waals surface area contributed by atoms with E-state index >= 15 is 0 Å². The van der Waals surface area contributed by atoms with Crippen LogP contribution in [0.5, 0.6) is 11.5 Å². The first-order valence-corrected chi connectivity index (χ1v) is 4.67. The molecule has 0 saturated carbocycles. The van der Waals surface area contributed by atoms with E-state index in [0.717, 1.165) is 0 Å². The lowest BCUT2D eigenvalue weighted by Crippen LogP contribution is -2.13. The van der Waals surface area contributed by atoms with Crippen LogP contribution < -0.4 is 9.47 Å². The summed E-state index contributed by atoms with van der Waals surface area (Å²) < 4.78 is 10.1. The van der Waals surface area contributed by atoms with Gasteiger partial charge in [-0.2, -0.15) is 0 Å². The molecule has 0 saturated heterocycles. The Bertz CT molecular complexity index is 300. The number of aliphatic hydroxyl groups is 2. The molecule has 4 heteroatoms. The third-order valence-corrected chi connectivity index (χ3v) is 2.17. The van der Waals surface area contributed by atoms with Crippen LogP contribution in [0.2, 0.25) is 0 Å². The Morgan fingerprint density at radius 3 is 1.80 bits per heavy atom. The topological polar surface area (TPSA) is 58.9 Å². The monoisotopic (exact) mass is 212 g/mol. The van der Waals surface area contributed by atoms with E-state index in [9.17, 15) is 10.2 Å². The molecule has 0 spiro atoms. The highest BCUT2D eigenvalue weighted by atomic mass is 16.5. The van der Waals surface area contributed by atoms with Gasteiger partial charge >= 0.3 is 0 Å². The highest BCUT2D eigenvalue weighted by Gasteiger charge is 2.15. The first-order valence-electron chi connectivity index (χ1n) is 4.67. The highest BCUT2D eigenvalue weighted by molar-refractivity contribution is 5.39. The van der Waals surface area contributed by atoms with Gasteiger partial charge in [0.15, 0.2) is 0 Å². The summed E-state index contributed by atoms with van der Waals surface area (Å²) in [4.78, 5) is 0. The molecule has 0 bridgehead atoms. The molecule has 0 amide bonds. The van der Waals surface area contributed by atoms with Crippen molar-refractivity contribution in [1.29, 1.82) is 0 Å². The van der Waals surface area contributed by atoms with Gasteiger partial charge in [0, 0.05) is 6.07 Å². The Balaban J connectivity index is 3.06. The van der Waals surface area contributed by atoms with Crippen LogP contribution in [0.4, 0.5) is 0 Å². The lowest BCUT2D eigenvalue weighted by molar-refractivity contribution is 0.0303. The van der Waals surface area contributed by atoms with Gasteiger partial charge in [0.1, 0.15) is 17.6 Å². The Kier molecular flexibility index (Phi) is 3.94. The molecule has 4 nitrogen and oxygen atoms in total. The van der Waals surface area contributed by atoms with E-state index in [4.69, 9.17) is 9.47 Å². The normalized spacial score (nSPS) is 14.5. The van der Waals surface area contributed by atoms with E-state index < -0.39 is 12.2 Å². The van der Waals surface area contributed by atoms with Crippen molar-refractivity contribution in [2.24, 2.45) is 0 Å². The summed E-state index contributed by atoms with van der Waals surface area (Å²) in [5.41, 5.74) is 0.571. The summed E-state index contributed by atoms with van der Waals surface area (Å²) in [5, 5.41) is 18.9. The average Bonchev–Trinajstić information content (AvgIpc) is 2.27. The van der Waals surface area contributed by atoms with Crippen molar-refractivity contribution >= 4 is 0 Å². The minimum Gasteiger partial charge on any atom is -0.497 e. The van der Waals surface area contributed by atoms with Gasteiger partial charge < -0.3 is 19.7 Å². The maximum Gasteiger partial charge on any atom is 0.122 e. The van der Waals surface area contributed by atoms with Crippen LogP contribution >= 0.6 is 0 Å². The largest absolute Gasteiger partial charge is 0.497 e. The Morgan fingerprint density at radius 1 is 1.00 bits per heavy atom. The molecule has 2 N–H and O–H groups in total. The summed E-state index contributed by atoms with van der Waals surface area (Å²) in [6.07, 6.45) is -1.77. The van der Waals surface area contributed by atoms with Gasteiger partial charge in [-0.3, -0.25) is 0 Å². The first kappa shape index (κ1) is 11.8. The van der Waals surface area contributed by atoms with Crippen molar-refractivity contribution in [3.63, 3.8) is 0 Å². The molecule has 2 unspecified atom stereocenters. The molecular formula is C11H16O4. The minimum atomic E-state index is -0.936. The minimum absolute atomic E-state index is 0.571. The highest BCUT2D eigenvalue weighted by Crippen LogP contribution is 2.27. The number of hydrogen-bond acceptors (Lipinski definition) is 4. The van der Waals surface area contributed by atoms with E-state index in [2.05, 4.69) is 0 Å². The van der Waals surface area contributed by atoms with E-state index in [0.29, 0.717) is 17.1 Å². The van der Waals surface area contributed by atoms with Crippen LogP contribution in [0.1, 0.15) is 18.6 Å². The third kappa shape index (κ3) is 2.84. The lowest BCUT2D eigenvalue weighted by atomic mass is 10.0. The van der Waals surface area contributed by atoms with Crippen LogP contribution in [-0.2, 0) is 0 Å². The van der Waals surface area contributed by atoms with Gasteiger partial charge in [-0.1, -0.05) is 0 Å². The molecule has 0 radical (unpaired) electrons. The number of ether oxygens (including phenoxy) is 2. The van der Waals surface area contributed by atoms with E-state index in [1.807, 2.05) is 0 Å². The second kappa shape index (κ2) is 5.00. The summed E-state index contributed by atoms with van der Waals surface area (Å²) >= 11 is 0. The number of hydrogen-bond donors (Lipinski definition) is 2. The zero-order chi connectivity index (χ0) is 11.4. The maximum atomic E-state index is 9.68. The molecule has 1 rings (SSSR count). The molecule has 0 aromatic heterocycles. The summed E-state index contributed by atoms with van der Waals surface area (Å²) in [6, 6.07) is 5.04. The molecule has 0 aliphatic rings. The van der Waals surface area contributed by atoms with Crippen LogP contribution in [0.15, 0.2) is 18.2 Å². The quantitative estimate of drug-likeness (QED) is 0.785. The number of benzene rings is 1. The van der Waals surface area contributed by atoms with Crippen LogP contribution in [0.3, 0.4) is 0 Å². The van der Waals surface area contributed by atoms with Crippen molar-refractivity contribution in [2.45, 2.75) is 19.1 Å². The number of methoxy groups -OCH3 is 2. The molecule has 0 fully saturated rings. The maximum absolute atomic E-state index is 9.68. The smallest absolute Gasteiger partial charge is 0.122 e. The fourth-order valence-corrected chi connectivity index (χ4v) is 1.28. The van der Waals surface area contributed by atoms with Gasteiger partial charge in [0.05, 0.1) is 20.3 Å². The summed E-state index contributed by atoms with van der Waals surface area (Å²) in [5.74, 6) is 1.17. The Labute approximate surface area is 89.1 Å². The van der Waals surface area contributed by atoms with Crippen LogP contribution in [0, 0.1) is 0 Å². The molecule has 0 aliphatic heterocycles. The molecule has 0 heterocycles. The second-order valence-corrected chi connectivity index (χ2v) is 3.33. The standard InChI is InChI=1S/C11H16O4/c1-7(12)11(13)8-4-9(14-2)6-10(5-8)15-3/h4-7,11-13H,1-3H3. The SMILES string of the molecule is COc1cc(OC)cc(C(O)C(C)O)c1.